The molecular weight excluding hydrogens is 434 g/mol. The van der Waals surface area contributed by atoms with Gasteiger partial charge in [-0.3, -0.25) is 0 Å². The van der Waals surface area contributed by atoms with Gasteiger partial charge in [-0.15, -0.1) is 0 Å². The lowest BCUT2D eigenvalue weighted by Crippen LogP contribution is -2.30. The first-order chi connectivity index (χ1) is 15.0. The fraction of sp³-hybridized carbons (Fsp3) is 0.571. The molecule has 1 aromatic carbocycles. The second-order valence-electron chi connectivity index (χ2n) is 7.75. The summed E-state index contributed by atoms with van der Waals surface area (Å²) >= 11 is 1.56. The summed E-state index contributed by atoms with van der Waals surface area (Å²) in [6.07, 6.45) is 4.33. The zero-order valence-electron chi connectivity index (χ0n) is 18.2. The number of thioether (sulfide) groups is 1. The average Bonchev–Trinajstić information content (AvgIpc) is 3.40. The molecule has 168 valence electrons. The van der Waals surface area contributed by atoms with Gasteiger partial charge in [0.1, 0.15) is 0 Å². The minimum absolute atomic E-state index is 0.285. The van der Waals surface area contributed by atoms with E-state index in [1.54, 1.807) is 23.9 Å². The van der Waals surface area contributed by atoms with Gasteiger partial charge in [0.15, 0.2) is 11.0 Å². The Morgan fingerprint density at radius 3 is 2.65 bits per heavy atom. The van der Waals surface area contributed by atoms with E-state index >= 15 is 0 Å². The molecule has 8 nitrogen and oxygen atoms in total. The molecule has 0 radical (unpaired) electrons. The SMILES string of the molecule is CCCCn1c(SCc2noc(C3CC3)n2)nc2cc(S(=O)(=O)N(CC)CC)ccc21. The summed E-state index contributed by atoms with van der Waals surface area (Å²) < 4.78 is 34.9. The molecule has 2 heterocycles. The number of sulfonamides is 1. The maximum Gasteiger partial charge on any atom is 0.243 e. The van der Waals surface area contributed by atoms with Crippen LogP contribution in [0.4, 0.5) is 0 Å². The topological polar surface area (TPSA) is 94.1 Å². The van der Waals surface area contributed by atoms with E-state index in [1.165, 1.54) is 4.31 Å². The highest BCUT2D eigenvalue weighted by Gasteiger charge is 2.29. The maximum atomic E-state index is 12.9. The Labute approximate surface area is 187 Å². The number of unbranched alkanes of at least 4 members (excludes halogenated alkanes) is 1. The lowest BCUT2D eigenvalue weighted by Gasteiger charge is -2.18. The first-order valence-electron chi connectivity index (χ1n) is 10.9. The summed E-state index contributed by atoms with van der Waals surface area (Å²) in [6, 6.07) is 5.25. The molecule has 0 aliphatic heterocycles. The first-order valence-corrected chi connectivity index (χ1v) is 13.4. The van der Waals surface area contributed by atoms with Gasteiger partial charge in [0.2, 0.25) is 15.9 Å². The number of hydrogen-bond acceptors (Lipinski definition) is 7. The lowest BCUT2D eigenvalue weighted by atomic mass is 10.3. The number of nitrogens with zero attached hydrogens (tertiary/aromatic N) is 5. The van der Waals surface area contributed by atoms with E-state index in [2.05, 4.69) is 21.6 Å². The highest BCUT2D eigenvalue weighted by molar-refractivity contribution is 7.98. The molecule has 1 aliphatic carbocycles. The number of benzene rings is 1. The molecule has 0 saturated heterocycles. The summed E-state index contributed by atoms with van der Waals surface area (Å²) in [5.74, 6) is 2.41. The van der Waals surface area contributed by atoms with Crippen molar-refractivity contribution >= 4 is 32.8 Å². The number of imidazole rings is 1. The Morgan fingerprint density at radius 2 is 1.97 bits per heavy atom. The van der Waals surface area contributed by atoms with Crippen LogP contribution < -0.4 is 0 Å². The third kappa shape index (κ3) is 4.65. The predicted molar refractivity (Wildman–Crippen MR) is 121 cm³/mol. The Balaban J connectivity index is 1.63. The van der Waals surface area contributed by atoms with E-state index < -0.39 is 10.0 Å². The highest BCUT2D eigenvalue weighted by Crippen LogP contribution is 2.39. The molecule has 0 bridgehead atoms. The third-order valence-electron chi connectivity index (χ3n) is 5.50. The molecule has 0 atom stereocenters. The predicted octanol–water partition coefficient (Wildman–Crippen LogP) is 4.42. The van der Waals surface area contributed by atoms with Crippen LogP contribution in [0.15, 0.2) is 32.8 Å². The van der Waals surface area contributed by atoms with Crippen LogP contribution >= 0.6 is 11.8 Å². The molecule has 0 amide bonds. The quantitative estimate of drug-likeness (QED) is 0.389. The zero-order chi connectivity index (χ0) is 22.0. The number of aryl methyl sites for hydroxylation is 1. The average molecular weight is 464 g/mol. The minimum atomic E-state index is -3.52. The normalized spacial score (nSPS) is 14.7. The van der Waals surface area contributed by atoms with Crippen molar-refractivity contribution in [1.29, 1.82) is 0 Å². The smallest absolute Gasteiger partial charge is 0.243 e. The molecule has 0 spiro atoms. The molecule has 1 aliphatic rings. The molecule has 1 saturated carbocycles. The summed E-state index contributed by atoms with van der Waals surface area (Å²) in [5.41, 5.74) is 1.64. The van der Waals surface area contributed by atoms with E-state index in [0.29, 0.717) is 36.1 Å². The molecule has 1 fully saturated rings. The van der Waals surface area contributed by atoms with E-state index in [0.717, 1.165) is 48.8 Å². The summed E-state index contributed by atoms with van der Waals surface area (Å²) in [5, 5.41) is 4.94. The molecule has 4 rings (SSSR count). The fourth-order valence-electron chi connectivity index (χ4n) is 3.55. The van der Waals surface area contributed by atoms with Gasteiger partial charge in [0.05, 0.1) is 21.7 Å². The van der Waals surface area contributed by atoms with Crippen LogP contribution in [-0.4, -0.2) is 45.5 Å². The van der Waals surface area contributed by atoms with Crippen molar-refractivity contribution < 1.29 is 12.9 Å². The molecule has 0 unspecified atom stereocenters. The van der Waals surface area contributed by atoms with Gasteiger partial charge >= 0.3 is 0 Å². The van der Waals surface area contributed by atoms with Crippen molar-refractivity contribution in [3.8, 4) is 0 Å². The van der Waals surface area contributed by atoms with E-state index in [-0.39, 0.29) is 4.90 Å². The number of fused-ring (bicyclic) bond motifs is 1. The van der Waals surface area contributed by atoms with Crippen LogP contribution in [0.2, 0.25) is 0 Å². The lowest BCUT2D eigenvalue weighted by molar-refractivity contribution is 0.375. The minimum Gasteiger partial charge on any atom is -0.339 e. The van der Waals surface area contributed by atoms with Gasteiger partial charge in [0.25, 0.3) is 0 Å². The monoisotopic (exact) mass is 463 g/mol. The van der Waals surface area contributed by atoms with E-state index in [9.17, 15) is 8.42 Å². The number of rotatable bonds is 11. The van der Waals surface area contributed by atoms with Crippen LogP contribution in [0.25, 0.3) is 11.0 Å². The summed E-state index contributed by atoms with van der Waals surface area (Å²) in [6.45, 7) is 7.56. The van der Waals surface area contributed by atoms with Gasteiger partial charge in [-0.2, -0.15) is 9.29 Å². The number of hydrogen-bond donors (Lipinski definition) is 0. The van der Waals surface area contributed by atoms with Crippen molar-refractivity contribution in [1.82, 2.24) is 24.0 Å². The number of aromatic nitrogens is 4. The standard InChI is InChI=1S/C21H29N5O3S2/c1-4-7-12-26-18-11-10-16(31(27,28)25(5-2)6-3)13-17(18)22-21(26)30-14-19-23-20(29-24-19)15-8-9-15/h10-11,13,15H,4-9,12,14H2,1-3H3. The molecular formula is C21H29N5O3S2. The Kier molecular flexibility index (Phi) is 6.68. The van der Waals surface area contributed by atoms with Gasteiger partial charge < -0.3 is 9.09 Å². The largest absolute Gasteiger partial charge is 0.339 e. The Hall–Kier alpha value is -1.91. The van der Waals surface area contributed by atoms with Gasteiger partial charge in [-0.1, -0.05) is 44.1 Å². The maximum absolute atomic E-state index is 12.9. The first kappa shape index (κ1) is 22.3. The summed E-state index contributed by atoms with van der Waals surface area (Å²) in [4.78, 5) is 9.56. The van der Waals surface area contributed by atoms with Crippen molar-refractivity contribution in [2.75, 3.05) is 13.1 Å². The third-order valence-corrected chi connectivity index (χ3v) is 8.52. The van der Waals surface area contributed by atoms with Gasteiger partial charge in [-0.25, -0.2) is 13.4 Å². The Bertz CT molecular complexity index is 1150. The fourth-order valence-corrected chi connectivity index (χ4v) is 5.92. The highest BCUT2D eigenvalue weighted by atomic mass is 32.2. The van der Waals surface area contributed by atoms with E-state index in [1.807, 2.05) is 19.9 Å². The molecule has 10 heteroatoms. The second-order valence-corrected chi connectivity index (χ2v) is 10.6. The van der Waals surface area contributed by atoms with Gasteiger partial charge in [-0.05, 0) is 37.5 Å². The van der Waals surface area contributed by atoms with Crippen molar-refractivity contribution in [3.05, 3.63) is 29.9 Å². The molecule has 3 aromatic rings. The van der Waals surface area contributed by atoms with Gasteiger partial charge in [0, 0.05) is 25.6 Å². The van der Waals surface area contributed by atoms with Crippen LogP contribution in [0.1, 0.15) is 64.1 Å². The molecule has 0 N–H and O–H groups in total. The van der Waals surface area contributed by atoms with Crippen molar-refractivity contribution in [3.63, 3.8) is 0 Å². The van der Waals surface area contributed by atoms with Crippen LogP contribution in [-0.2, 0) is 22.3 Å². The van der Waals surface area contributed by atoms with Crippen LogP contribution in [0, 0.1) is 0 Å². The summed E-state index contributed by atoms with van der Waals surface area (Å²) in [7, 11) is -3.52. The van der Waals surface area contributed by atoms with Crippen LogP contribution in [0.5, 0.6) is 0 Å². The second kappa shape index (κ2) is 9.30. The Morgan fingerprint density at radius 1 is 1.19 bits per heavy atom. The van der Waals surface area contributed by atoms with Crippen molar-refractivity contribution in [2.24, 2.45) is 0 Å². The zero-order valence-corrected chi connectivity index (χ0v) is 19.9. The van der Waals surface area contributed by atoms with Crippen molar-refractivity contribution in [2.45, 2.75) is 74.7 Å². The molecule has 31 heavy (non-hydrogen) atoms. The molecule has 2 aromatic heterocycles. The van der Waals surface area contributed by atoms with E-state index in [4.69, 9.17) is 9.51 Å². The van der Waals surface area contributed by atoms with Crippen LogP contribution in [0.3, 0.4) is 0 Å².